The highest BCUT2D eigenvalue weighted by atomic mass is 79.9. The zero-order valence-electron chi connectivity index (χ0n) is 22.8. The third-order valence-corrected chi connectivity index (χ3v) is 7.12. The topological polar surface area (TPSA) is 114 Å². The van der Waals surface area contributed by atoms with Gasteiger partial charge in [-0.15, -0.1) is 0 Å². The molecule has 41 heavy (non-hydrogen) atoms. The first-order valence-corrected chi connectivity index (χ1v) is 13.8. The maximum Gasteiger partial charge on any atom is 0.335 e. The number of anilines is 2. The highest BCUT2D eigenvalue weighted by molar-refractivity contribution is 9.10. The molecule has 1 aliphatic heterocycles. The van der Waals surface area contributed by atoms with Crippen molar-refractivity contribution in [1.29, 1.82) is 0 Å². The van der Waals surface area contributed by atoms with Gasteiger partial charge < -0.3 is 14.8 Å². The molecule has 212 valence electrons. The van der Waals surface area contributed by atoms with Crippen molar-refractivity contribution in [2.24, 2.45) is 0 Å². The van der Waals surface area contributed by atoms with E-state index in [-0.39, 0.29) is 41.9 Å². The lowest BCUT2D eigenvalue weighted by atomic mass is 10.1. The van der Waals surface area contributed by atoms with Gasteiger partial charge in [0.2, 0.25) is 0 Å². The molecule has 0 saturated carbocycles. The summed E-state index contributed by atoms with van der Waals surface area (Å²) in [5.41, 5.74) is 3.86. The number of imide groups is 2. The summed E-state index contributed by atoms with van der Waals surface area (Å²) < 4.78 is 12.0. The number of carbonyl (C=O) groups is 4. The van der Waals surface area contributed by atoms with Gasteiger partial charge in [-0.05, 0) is 108 Å². The summed E-state index contributed by atoms with van der Waals surface area (Å²) >= 11 is 9.54. The summed E-state index contributed by atoms with van der Waals surface area (Å²) in [6.45, 7) is 7.45. The molecule has 0 unspecified atom stereocenters. The van der Waals surface area contributed by atoms with Gasteiger partial charge in [-0.3, -0.25) is 19.7 Å². The van der Waals surface area contributed by atoms with Crippen molar-refractivity contribution >= 4 is 68.7 Å². The van der Waals surface area contributed by atoms with Crippen molar-refractivity contribution in [1.82, 2.24) is 5.32 Å². The average Bonchev–Trinajstić information content (AvgIpc) is 2.90. The van der Waals surface area contributed by atoms with Gasteiger partial charge in [0.05, 0.1) is 16.8 Å². The maximum absolute atomic E-state index is 13.4. The summed E-state index contributed by atoms with van der Waals surface area (Å²) in [4.78, 5) is 52.1. The van der Waals surface area contributed by atoms with E-state index in [0.717, 1.165) is 16.0 Å². The van der Waals surface area contributed by atoms with E-state index < -0.39 is 17.8 Å². The van der Waals surface area contributed by atoms with E-state index in [1.54, 1.807) is 38.1 Å². The molecule has 3 aromatic carbocycles. The Balaban J connectivity index is 1.59. The highest BCUT2D eigenvalue weighted by Gasteiger charge is 2.37. The molecule has 3 aromatic rings. The SMILES string of the molecule is CCOc1cc(/C=C2\C(=O)NC(=O)N(c3cc(Cl)ccc3C)C2=O)cc(Br)c1OCC(=O)Nc1ccc(C)c(C)c1. The Morgan fingerprint density at radius 1 is 1.00 bits per heavy atom. The van der Waals surface area contributed by atoms with E-state index in [1.165, 1.54) is 12.1 Å². The van der Waals surface area contributed by atoms with Gasteiger partial charge in [-0.1, -0.05) is 23.7 Å². The Morgan fingerprint density at radius 2 is 1.73 bits per heavy atom. The minimum absolute atomic E-state index is 0.261. The number of nitrogens with one attached hydrogen (secondary N) is 2. The van der Waals surface area contributed by atoms with Crippen LogP contribution in [0.25, 0.3) is 6.08 Å². The second kappa shape index (κ2) is 12.6. The van der Waals surface area contributed by atoms with Crippen molar-refractivity contribution in [2.45, 2.75) is 27.7 Å². The quantitative estimate of drug-likeness (QED) is 0.227. The Bertz CT molecular complexity index is 1600. The smallest absolute Gasteiger partial charge is 0.335 e. The van der Waals surface area contributed by atoms with E-state index in [9.17, 15) is 19.2 Å². The fourth-order valence-electron chi connectivity index (χ4n) is 4.09. The minimum Gasteiger partial charge on any atom is -0.490 e. The van der Waals surface area contributed by atoms with Crippen LogP contribution in [0.4, 0.5) is 16.2 Å². The van der Waals surface area contributed by atoms with Gasteiger partial charge in [0, 0.05) is 10.7 Å². The number of carbonyl (C=O) groups excluding carboxylic acids is 4. The van der Waals surface area contributed by atoms with Crippen LogP contribution in [0.3, 0.4) is 0 Å². The zero-order chi connectivity index (χ0) is 29.8. The van der Waals surface area contributed by atoms with Gasteiger partial charge in [0.25, 0.3) is 17.7 Å². The van der Waals surface area contributed by atoms with Crippen molar-refractivity contribution < 1.29 is 28.7 Å². The summed E-state index contributed by atoms with van der Waals surface area (Å²) in [6.07, 6.45) is 1.35. The van der Waals surface area contributed by atoms with Crippen molar-refractivity contribution in [3.8, 4) is 11.5 Å². The summed E-state index contributed by atoms with van der Waals surface area (Å²) in [6, 6.07) is 12.7. The maximum atomic E-state index is 13.4. The molecule has 1 saturated heterocycles. The van der Waals surface area contributed by atoms with Crippen molar-refractivity contribution in [3.05, 3.63) is 85.9 Å². The van der Waals surface area contributed by atoms with E-state index in [0.29, 0.717) is 26.3 Å². The number of rotatable bonds is 8. The number of urea groups is 1. The second-order valence-electron chi connectivity index (χ2n) is 9.29. The molecule has 5 amide bonds. The normalized spacial score (nSPS) is 14.2. The van der Waals surface area contributed by atoms with Crippen LogP contribution in [0, 0.1) is 20.8 Å². The standard InChI is InChI=1S/C30H27BrClN3O6/c1-5-40-25-13-19(12-23(31)27(25)41-15-26(36)33-21-9-7-16(2)18(4)10-21)11-22-28(37)34-30(39)35(29(22)38)24-14-20(32)8-6-17(24)3/h6-14H,5,15H2,1-4H3,(H,33,36)(H,34,37,39)/b22-11+. The lowest BCUT2D eigenvalue weighted by Crippen LogP contribution is -2.54. The lowest BCUT2D eigenvalue weighted by Gasteiger charge is -2.27. The van der Waals surface area contributed by atoms with Crippen LogP contribution < -0.4 is 25.0 Å². The number of ether oxygens (including phenoxy) is 2. The van der Waals surface area contributed by atoms with E-state index in [4.69, 9.17) is 21.1 Å². The molecule has 1 heterocycles. The molecule has 0 aromatic heterocycles. The molecule has 9 nitrogen and oxygen atoms in total. The zero-order valence-corrected chi connectivity index (χ0v) is 25.1. The third kappa shape index (κ3) is 6.78. The van der Waals surface area contributed by atoms with Gasteiger partial charge in [-0.2, -0.15) is 0 Å². The van der Waals surface area contributed by atoms with Crippen LogP contribution in [-0.2, 0) is 14.4 Å². The van der Waals surface area contributed by atoms with Crippen LogP contribution in [0.5, 0.6) is 11.5 Å². The first-order chi connectivity index (χ1) is 19.5. The molecular weight excluding hydrogens is 614 g/mol. The molecule has 0 bridgehead atoms. The van der Waals surface area contributed by atoms with Crippen LogP contribution >= 0.6 is 27.5 Å². The van der Waals surface area contributed by atoms with Gasteiger partial charge >= 0.3 is 6.03 Å². The van der Waals surface area contributed by atoms with Gasteiger partial charge in [0.1, 0.15) is 5.57 Å². The number of aryl methyl sites for hydroxylation is 3. The highest BCUT2D eigenvalue weighted by Crippen LogP contribution is 2.38. The number of amides is 5. The fraction of sp³-hybridized carbons (Fsp3) is 0.200. The largest absolute Gasteiger partial charge is 0.490 e. The van der Waals surface area contributed by atoms with Crippen LogP contribution in [0.15, 0.2) is 58.6 Å². The van der Waals surface area contributed by atoms with E-state index in [2.05, 4.69) is 26.6 Å². The minimum atomic E-state index is -0.874. The Kier molecular flexibility index (Phi) is 9.14. The Hall–Kier alpha value is -4.15. The summed E-state index contributed by atoms with van der Waals surface area (Å²) in [5.74, 6) is -1.45. The fourth-order valence-corrected chi connectivity index (χ4v) is 4.84. The first-order valence-electron chi connectivity index (χ1n) is 12.6. The number of barbiturate groups is 1. The number of nitrogens with zero attached hydrogens (tertiary/aromatic N) is 1. The molecule has 11 heteroatoms. The molecule has 4 rings (SSSR count). The van der Waals surface area contributed by atoms with Gasteiger partial charge in [0.15, 0.2) is 18.1 Å². The second-order valence-corrected chi connectivity index (χ2v) is 10.6. The van der Waals surface area contributed by atoms with Crippen LogP contribution in [-0.4, -0.2) is 37.0 Å². The van der Waals surface area contributed by atoms with Crippen molar-refractivity contribution in [3.63, 3.8) is 0 Å². The number of halogens is 2. The summed E-state index contributed by atoms with van der Waals surface area (Å²) in [7, 11) is 0. The Labute approximate surface area is 250 Å². The van der Waals surface area contributed by atoms with E-state index in [1.807, 2.05) is 32.0 Å². The Morgan fingerprint density at radius 3 is 2.44 bits per heavy atom. The molecular formula is C30H27BrClN3O6. The molecule has 0 radical (unpaired) electrons. The van der Waals surface area contributed by atoms with Crippen LogP contribution in [0.1, 0.15) is 29.2 Å². The lowest BCUT2D eigenvalue weighted by molar-refractivity contribution is -0.122. The molecule has 0 spiro atoms. The third-order valence-electron chi connectivity index (χ3n) is 6.29. The molecule has 2 N–H and O–H groups in total. The molecule has 0 atom stereocenters. The molecule has 1 aliphatic rings. The first kappa shape index (κ1) is 29.8. The predicted molar refractivity (Wildman–Crippen MR) is 161 cm³/mol. The number of hydrogen-bond acceptors (Lipinski definition) is 6. The number of benzene rings is 3. The predicted octanol–water partition coefficient (Wildman–Crippen LogP) is 6.11. The average molecular weight is 641 g/mol. The number of hydrogen-bond donors (Lipinski definition) is 2. The van der Waals surface area contributed by atoms with Crippen LogP contribution in [0.2, 0.25) is 5.02 Å². The van der Waals surface area contributed by atoms with Crippen molar-refractivity contribution in [2.75, 3.05) is 23.4 Å². The molecule has 1 fully saturated rings. The van der Waals surface area contributed by atoms with E-state index >= 15 is 0 Å². The van der Waals surface area contributed by atoms with Gasteiger partial charge in [-0.25, -0.2) is 9.69 Å². The molecule has 0 aliphatic carbocycles. The monoisotopic (exact) mass is 639 g/mol. The summed E-state index contributed by atoms with van der Waals surface area (Å²) in [5, 5.41) is 5.34.